The second kappa shape index (κ2) is 7.10. The molecule has 4 heteroatoms. The SMILES string of the molecule is O=C(O)CCN(CCN1CCCC1)C1CCCC1. The molecule has 0 amide bonds. The average Bonchev–Trinajstić information content (AvgIpc) is 3.01. The molecule has 2 aliphatic rings. The van der Waals surface area contributed by atoms with Gasteiger partial charge >= 0.3 is 5.97 Å². The fraction of sp³-hybridized carbons (Fsp3) is 0.929. The number of likely N-dealkylation sites (tertiary alicyclic amines) is 1. The molecule has 1 heterocycles. The van der Waals surface area contributed by atoms with Crippen molar-refractivity contribution in [2.45, 2.75) is 51.0 Å². The minimum absolute atomic E-state index is 0.288. The molecule has 18 heavy (non-hydrogen) atoms. The molecule has 1 N–H and O–H groups in total. The Morgan fingerprint density at radius 2 is 1.78 bits per heavy atom. The minimum Gasteiger partial charge on any atom is -0.481 e. The summed E-state index contributed by atoms with van der Waals surface area (Å²) >= 11 is 0. The fourth-order valence-corrected chi connectivity index (χ4v) is 3.26. The van der Waals surface area contributed by atoms with Crippen LogP contribution in [-0.4, -0.2) is 59.6 Å². The summed E-state index contributed by atoms with van der Waals surface area (Å²) in [6.07, 6.45) is 8.11. The first-order valence-corrected chi connectivity index (χ1v) is 7.44. The van der Waals surface area contributed by atoms with E-state index in [1.807, 2.05) is 0 Å². The summed E-state index contributed by atoms with van der Waals surface area (Å²) in [6, 6.07) is 0.645. The van der Waals surface area contributed by atoms with E-state index in [-0.39, 0.29) is 6.42 Å². The predicted molar refractivity (Wildman–Crippen MR) is 71.8 cm³/mol. The standard InChI is InChI=1S/C14H26N2O2/c17-14(18)7-10-16(13-5-1-2-6-13)12-11-15-8-3-4-9-15/h13H,1-12H2,(H,17,18). The number of carbonyl (C=O) groups is 1. The second-order valence-corrected chi connectivity index (χ2v) is 5.67. The Morgan fingerprint density at radius 3 is 2.39 bits per heavy atom. The van der Waals surface area contributed by atoms with E-state index in [2.05, 4.69) is 9.80 Å². The van der Waals surface area contributed by atoms with E-state index in [9.17, 15) is 4.79 Å². The number of rotatable bonds is 7. The summed E-state index contributed by atoms with van der Waals surface area (Å²) in [4.78, 5) is 15.7. The predicted octanol–water partition coefficient (Wildman–Crippen LogP) is 1.80. The Balaban J connectivity index is 1.76. The molecule has 0 unspecified atom stereocenters. The zero-order valence-electron chi connectivity index (χ0n) is 11.3. The van der Waals surface area contributed by atoms with Gasteiger partial charge in [0.05, 0.1) is 6.42 Å². The highest BCUT2D eigenvalue weighted by Gasteiger charge is 2.23. The largest absolute Gasteiger partial charge is 0.481 e. The summed E-state index contributed by atoms with van der Waals surface area (Å²) in [5.74, 6) is -0.667. The maximum atomic E-state index is 10.7. The van der Waals surface area contributed by atoms with E-state index in [4.69, 9.17) is 5.11 Å². The molecule has 1 aliphatic carbocycles. The van der Waals surface area contributed by atoms with Crippen LogP contribution in [0.15, 0.2) is 0 Å². The molecule has 0 spiro atoms. The van der Waals surface area contributed by atoms with Crippen LogP contribution in [0, 0.1) is 0 Å². The van der Waals surface area contributed by atoms with Crippen LogP contribution in [0.25, 0.3) is 0 Å². The van der Waals surface area contributed by atoms with Gasteiger partial charge in [0.15, 0.2) is 0 Å². The molecular weight excluding hydrogens is 228 g/mol. The number of carboxylic acid groups (broad SMARTS) is 1. The molecule has 1 saturated carbocycles. The molecule has 0 aromatic heterocycles. The van der Waals surface area contributed by atoms with Crippen LogP contribution >= 0.6 is 0 Å². The third-order valence-electron chi connectivity index (χ3n) is 4.36. The Hall–Kier alpha value is -0.610. The number of hydrogen-bond donors (Lipinski definition) is 1. The normalized spacial score (nSPS) is 22.1. The van der Waals surface area contributed by atoms with Crippen LogP contribution in [0.5, 0.6) is 0 Å². The summed E-state index contributed by atoms with van der Waals surface area (Å²) in [6.45, 7) is 5.37. The first-order chi connectivity index (χ1) is 8.75. The maximum Gasteiger partial charge on any atom is 0.304 e. The van der Waals surface area contributed by atoms with Crippen LogP contribution in [0.1, 0.15) is 44.9 Å². The lowest BCUT2D eigenvalue weighted by Crippen LogP contribution is -2.40. The molecule has 2 rings (SSSR count). The van der Waals surface area contributed by atoms with Gasteiger partial charge in [0, 0.05) is 25.7 Å². The van der Waals surface area contributed by atoms with Gasteiger partial charge in [-0.3, -0.25) is 9.69 Å². The molecule has 1 aliphatic heterocycles. The van der Waals surface area contributed by atoms with Gasteiger partial charge in [0.1, 0.15) is 0 Å². The molecule has 104 valence electrons. The van der Waals surface area contributed by atoms with Gasteiger partial charge in [-0.25, -0.2) is 0 Å². The van der Waals surface area contributed by atoms with Crippen molar-refractivity contribution in [2.75, 3.05) is 32.7 Å². The molecule has 0 radical (unpaired) electrons. The van der Waals surface area contributed by atoms with Gasteiger partial charge in [-0.15, -0.1) is 0 Å². The maximum absolute atomic E-state index is 10.7. The van der Waals surface area contributed by atoms with Gasteiger partial charge in [-0.05, 0) is 38.8 Å². The molecule has 0 atom stereocenters. The molecule has 1 saturated heterocycles. The lowest BCUT2D eigenvalue weighted by molar-refractivity contribution is -0.137. The van der Waals surface area contributed by atoms with Crippen molar-refractivity contribution in [3.05, 3.63) is 0 Å². The summed E-state index contributed by atoms with van der Waals surface area (Å²) in [5.41, 5.74) is 0. The lowest BCUT2D eigenvalue weighted by atomic mass is 10.2. The molecular formula is C14H26N2O2. The highest BCUT2D eigenvalue weighted by atomic mass is 16.4. The van der Waals surface area contributed by atoms with Crippen molar-refractivity contribution in [3.63, 3.8) is 0 Å². The van der Waals surface area contributed by atoms with Gasteiger partial charge < -0.3 is 10.0 Å². The molecule has 4 nitrogen and oxygen atoms in total. The fourth-order valence-electron chi connectivity index (χ4n) is 3.26. The first-order valence-electron chi connectivity index (χ1n) is 7.44. The van der Waals surface area contributed by atoms with Gasteiger partial charge in [0.25, 0.3) is 0 Å². The molecule has 0 aromatic rings. The quantitative estimate of drug-likeness (QED) is 0.752. The van der Waals surface area contributed by atoms with Crippen molar-refractivity contribution >= 4 is 5.97 Å². The van der Waals surface area contributed by atoms with Crippen molar-refractivity contribution in [3.8, 4) is 0 Å². The summed E-state index contributed by atoms with van der Waals surface area (Å²) < 4.78 is 0. The second-order valence-electron chi connectivity index (χ2n) is 5.67. The van der Waals surface area contributed by atoms with E-state index in [0.717, 1.165) is 19.6 Å². The first kappa shape index (κ1) is 13.8. The monoisotopic (exact) mass is 254 g/mol. The Labute approximate surface area is 110 Å². The molecule has 2 fully saturated rings. The van der Waals surface area contributed by atoms with Crippen LogP contribution in [-0.2, 0) is 4.79 Å². The van der Waals surface area contributed by atoms with Crippen molar-refractivity contribution in [2.24, 2.45) is 0 Å². The number of aliphatic carboxylic acids is 1. The Morgan fingerprint density at radius 1 is 1.11 bits per heavy atom. The van der Waals surface area contributed by atoms with E-state index in [1.54, 1.807) is 0 Å². The van der Waals surface area contributed by atoms with Crippen LogP contribution < -0.4 is 0 Å². The van der Waals surface area contributed by atoms with Crippen LogP contribution in [0.2, 0.25) is 0 Å². The molecule has 0 aromatic carbocycles. The van der Waals surface area contributed by atoms with E-state index in [0.29, 0.717) is 6.04 Å². The number of nitrogens with zero attached hydrogens (tertiary/aromatic N) is 2. The third kappa shape index (κ3) is 4.25. The average molecular weight is 254 g/mol. The zero-order valence-corrected chi connectivity index (χ0v) is 11.3. The lowest BCUT2D eigenvalue weighted by Gasteiger charge is -2.30. The van der Waals surface area contributed by atoms with E-state index in [1.165, 1.54) is 51.6 Å². The molecule has 0 bridgehead atoms. The summed E-state index contributed by atoms with van der Waals surface area (Å²) in [5, 5.41) is 8.85. The van der Waals surface area contributed by atoms with Gasteiger partial charge in [-0.2, -0.15) is 0 Å². The van der Waals surface area contributed by atoms with Crippen molar-refractivity contribution in [1.82, 2.24) is 9.80 Å². The van der Waals surface area contributed by atoms with Gasteiger partial charge in [0.2, 0.25) is 0 Å². The zero-order chi connectivity index (χ0) is 12.8. The van der Waals surface area contributed by atoms with Crippen LogP contribution in [0.4, 0.5) is 0 Å². The number of carboxylic acids is 1. The van der Waals surface area contributed by atoms with E-state index < -0.39 is 5.97 Å². The van der Waals surface area contributed by atoms with Gasteiger partial charge in [-0.1, -0.05) is 12.8 Å². The smallest absolute Gasteiger partial charge is 0.304 e. The third-order valence-corrected chi connectivity index (χ3v) is 4.36. The van der Waals surface area contributed by atoms with E-state index >= 15 is 0 Å². The Kier molecular flexibility index (Phi) is 5.45. The summed E-state index contributed by atoms with van der Waals surface area (Å²) in [7, 11) is 0. The Bertz CT molecular complexity index is 259. The highest BCUT2D eigenvalue weighted by molar-refractivity contribution is 5.66. The minimum atomic E-state index is -0.667. The topological polar surface area (TPSA) is 43.8 Å². The van der Waals surface area contributed by atoms with Crippen molar-refractivity contribution < 1.29 is 9.90 Å². The highest BCUT2D eigenvalue weighted by Crippen LogP contribution is 2.23. The van der Waals surface area contributed by atoms with Crippen LogP contribution in [0.3, 0.4) is 0 Å². The number of hydrogen-bond acceptors (Lipinski definition) is 3. The van der Waals surface area contributed by atoms with Crippen molar-refractivity contribution in [1.29, 1.82) is 0 Å².